The smallest absolute Gasteiger partial charge is 0.318 e. The van der Waals surface area contributed by atoms with E-state index in [1.807, 2.05) is 0 Å². The summed E-state index contributed by atoms with van der Waals surface area (Å²) in [5.74, 6) is -0.526. The Morgan fingerprint density at radius 1 is 0.909 bits per heavy atom. The van der Waals surface area contributed by atoms with Gasteiger partial charge < -0.3 is 16.0 Å². The molecule has 22 heavy (non-hydrogen) atoms. The first kappa shape index (κ1) is 15.5. The minimum absolute atomic E-state index is 0.165. The highest BCUT2D eigenvalue weighted by molar-refractivity contribution is 5.93. The molecule has 0 radical (unpaired) electrons. The van der Waals surface area contributed by atoms with Gasteiger partial charge in [0.1, 0.15) is 5.82 Å². The Bertz CT molecular complexity index is 654. The van der Waals surface area contributed by atoms with Gasteiger partial charge in [0, 0.05) is 18.4 Å². The van der Waals surface area contributed by atoms with Crippen LogP contribution in [0.2, 0.25) is 0 Å². The Labute approximate surface area is 127 Å². The van der Waals surface area contributed by atoms with E-state index < -0.39 is 0 Å². The maximum absolute atomic E-state index is 12.8. The summed E-state index contributed by atoms with van der Waals surface area (Å²) < 4.78 is 12.8. The van der Waals surface area contributed by atoms with E-state index in [4.69, 9.17) is 0 Å². The molecule has 3 N–H and O–H groups in total. The van der Waals surface area contributed by atoms with Gasteiger partial charge in [-0.25, -0.2) is 9.18 Å². The average molecular weight is 301 g/mol. The molecule has 0 atom stereocenters. The van der Waals surface area contributed by atoms with Crippen LogP contribution < -0.4 is 16.0 Å². The summed E-state index contributed by atoms with van der Waals surface area (Å²) in [7, 11) is 1.53. The summed E-state index contributed by atoms with van der Waals surface area (Å²) in [6.07, 6.45) is 0.165. The van der Waals surface area contributed by atoms with Crippen LogP contribution in [0.5, 0.6) is 0 Å². The molecule has 0 aliphatic rings. The van der Waals surface area contributed by atoms with Crippen molar-refractivity contribution in [3.05, 3.63) is 59.9 Å². The van der Waals surface area contributed by atoms with Crippen molar-refractivity contribution >= 4 is 23.3 Å². The predicted octanol–water partition coefficient (Wildman–Crippen LogP) is 2.76. The van der Waals surface area contributed by atoms with Crippen molar-refractivity contribution < 1.29 is 14.0 Å². The topological polar surface area (TPSA) is 70.2 Å². The second-order valence-electron chi connectivity index (χ2n) is 4.63. The molecular weight excluding hydrogens is 285 g/mol. The number of carbonyl (C=O) groups excluding carboxylic acids is 2. The van der Waals surface area contributed by atoms with E-state index in [1.165, 1.54) is 19.2 Å². The minimum atomic E-state index is -0.330. The third kappa shape index (κ3) is 4.59. The number of hydrogen-bond acceptors (Lipinski definition) is 2. The standard InChI is InChI=1S/C16H16FN3O2/c1-18-16(22)20-14-8-6-13(7-9-14)19-15(21)10-11-2-4-12(17)5-3-11/h2-9H,10H2,1H3,(H,19,21)(H2,18,20,22). The van der Waals surface area contributed by atoms with Crippen LogP contribution in [0.3, 0.4) is 0 Å². The van der Waals surface area contributed by atoms with Crippen molar-refractivity contribution in [3.63, 3.8) is 0 Å². The van der Waals surface area contributed by atoms with Crippen LogP contribution >= 0.6 is 0 Å². The van der Waals surface area contributed by atoms with Crippen molar-refractivity contribution in [2.75, 3.05) is 17.7 Å². The number of hydrogen-bond donors (Lipinski definition) is 3. The lowest BCUT2D eigenvalue weighted by molar-refractivity contribution is -0.115. The second kappa shape index (κ2) is 7.21. The molecular formula is C16H16FN3O2. The normalized spacial score (nSPS) is 9.91. The first-order valence-electron chi connectivity index (χ1n) is 6.70. The molecule has 114 valence electrons. The molecule has 0 unspecified atom stereocenters. The fraction of sp³-hybridized carbons (Fsp3) is 0.125. The Kier molecular flexibility index (Phi) is 5.08. The number of benzene rings is 2. The third-order valence-corrected chi connectivity index (χ3v) is 2.93. The SMILES string of the molecule is CNC(=O)Nc1ccc(NC(=O)Cc2ccc(F)cc2)cc1. The number of urea groups is 1. The van der Waals surface area contributed by atoms with Gasteiger partial charge in [-0.3, -0.25) is 4.79 Å². The molecule has 0 fully saturated rings. The summed E-state index contributed by atoms with van der Waals surface area (Å²) in [6.45, 7) is 0. The quantitative estimate of drug-likeness (QED) is 0.812. The van der Waals surface area contributed by atoms with Crippen molar-refractivity contribution in [3.8, 4) is 0 Å². The predicted molar refractivity (Wildman–Crippen MR) is 83.3 cm³/mol. The molecule has 0 spiro atoms. The summed E-state index contributed by atoms with van der Waals surface area (Å²) in [5.41, 5.74) is 1.97. The summed E-state index contributed by atoms with van der Waals surface area (Å²) in [4.78, 5) is 23.0. The van der Waals surface area contributed by atoms with Gasteiger partial charge in [-0.05, 0) is 42.0 Å². The summed E-state index contributed by atoms with van der Waals surface area (Å²) >= 11 is 0. The zero-order valence-electron chi connectivity index (χ0n) is 12.0. The largest absolute Gasteiger partial charge is 0.341 e. The first-order valence-corrected chi connectivity index (χ1v) is 6.70. The molecule has 2 aromatic rings. The summed E-state index contributed by atoms with van der Waals surface area (Å²) in [5, 5.41) is 7.80. The molecule has 6 heteroatoms. The number of anilines is 2. The highest BCUT2D eigenvalue weighted by Crippen LogP contribution is 2.14. The number of carbonyl (C=O) groups is 2. The lowest BCUT2D eigenvalue weighted by Crippen LogP contribution is -2.24. The molecule has 2 rings (SSSR count). The van der Waals surface area contributed by atoms with Crippen LogP contribution in [0.25, 0.3) is 0 Å². The molecule has 5 nitrogen and oxygen atoms in total. The Morgan fingerprint density at radius 3 is 2.00 bits per heavy atom. The first-order chi connectivity index (χ1) is 10.6. The summed E-state index contributed by atoms with van der Waals surface area (Å²) in [6, 6.07) is 12.2. The van der Waals surface area contributed by atoms with Gasteiger partial charge in [0.25, 0.3) is 0 Å². The fourth-order valence-corrected chi connectivity index (χ4v) is 1.82. The molecule has 0 saturated carbocycles. The zero-order valence-corrected chi connectivity index (χ0v) is 12.0. The molecule has 0 bridgehead atoms. The van der Waals surface area contributed by atoms with E-state index in [0.29, 0.717) is 11.4 Å². The van der Waals surface area contributed by atoms with Crippen LogP contribution in [0, 0.1) is 5.82 Å². The number of nitrogens with one attached hydrogen (secondary N) is 3. The van der Waals surface area contributed by atoms with E-state index in [1.54, 1.807) is 36.4 Å². The fourth-order valence-electron chi connectivity index (χ4n) is 1.82. The monoisotopic (exact) mass is 301 g/mol. The lowest BCUT2D eigenvalue weighted by Gasteiger charge is -2.08. The molecule has 0 aliphatic carbocycles. The molecule has 3 amide bonds. The van der Waals surface area contributed by atoms with E-state index in [0.717, 1.165) is 5.56 Å². The van der Waals surface area contributed by atoms with Gasteiger partial charge in [0.15, 0.2) is 0 Å². The van der Waals surface area contributed by atoms with E-state index in [-0.39, 0.29) is 24.2 Å². The van der Waals surface area contributed by atoms with E-state index in [9.17, 15) is 14.0 Å². The molecule has 0 saturated heterocycles. The zero-order chi connectivity index (χ0) is 15.9. The van der Waals surface area contributed by atoms with Crippen LogP contribution in [-0.2, 0) is 11.2 Å². The minimum Gasteiger partial charge on any atom is -0.341 e. The van der Waals surface area contributed by atoms with Gasteiger partial charge in [-0.1, -0.05) is 12.1 Å². The molecule has 2 aromatic carbocycles. The van der Waals surface area contributed by atoms with Crippen molar-refractivity contribution in [2.45, 2.75) is 6.42 Å². The maximum atomic E-state index is 12.8. The van der Waals surface area contributed by atoms with E-state index in [2.05, 4.69) is 16.0 Å². The van der Waals surface area contributed by atoms with Crippen molar-refractivity contribution in [2.24, 2.45) is 0 Å². The van der Waals surface area contributed by atoms with Gasteiger partial charge in [0.2, 0.25) is 5.91 Å². The molecule has 0 aromatic heterocycles. The van der Waals surface area contributed by atoms with Crippen LogP contribution in [0.1, 0.15) is 5.56 Å². The second-order valence-corrected chi connectivity index (χ2v) is 4.63. The van der Waals surface area contributed by atoms with Gasteiger partial charge in [0.05, 0.1) is 6.42 Å². The van der Waals surface area contributed by atoms with Gasteiger partial charge in [-0.15, -0.1) is 0 Å². The maximum Gasteiger partial charge on any atom is 0.318 e. The highest BCUT2D eigenvalue weighted by atomic mass is 19.1. The Hall–Kier alpha value is -2.89. The number of amides is 3. The Morgan fingerprint density at radius 2 is 1.45 bits per heavy atom. The molecule has 0 heterocycles. The van der Waals surface area contributed by atoms with E-state index >= 15 is 0 Å². The van der Waals surface area contributed by atoms with Crippen molar-refractivity contribution in [1.29, 1.82) is 0 Å². The van der Waals surface area contributed by atoms with Gasteiger partial charge >= 0.3 is 6.03 Å². The highest BCUT2D eigenvalue weighted by Gasteiger charge is 2.05. The van der Waals surface area contributed by atoms with Crippen LogP contribution in [-0.4, -0.2) is 19.0 Å². The van der Waals surface area contributed by atoms with Gasteiger partial charge in [-0.2, -0.15) is 0 Å². The average Bonchev–Trinajstić information content (AvgIpc) is 2.51. The van der Waals surface area contributed by atoms with Crippen LogP contribution in [0.4, 0.5) is 20.6 Å². The third-order valence-electron chi connectivity index (χ3n) is 2.93. The molecule has 0 aliphatic heterocycles. The van der Waals surface area contributed by atoms with Crippen molar-refractivity contribution in [1.82, 2.24) is 5.32 Å². The Balaban J connectivity index is 1.91. The number of rotatable bonds is 4. The van der Waals surface area contributed by atoms with Crippen LogP contribution in [0.15, 0.2) is 48.5 Å². The number of halogens is 1. The lowest BCUT2D eigenvalue weighted by atomic mass is 10.1.